The zero-order valence-corrected chi connectivity index (χ0v) is 17.2. The molecule has 1 aromatic rings. The normalized spacial score (nSPS) is 12.8. The molecular formula is C22H35F3N2O. The topological polar surface area (TPSA) is 46.3 Å². The van der Waals surface area contributed by atoms with Crippen LogP contribution in [-0.4, -0.2) is 18.6 Å². The maximum atomic E-state index is 12.7. The molecule has 28 heavy (non-hydrogen) atoms. The van der Waals surface area contributed by atoms with Crippen molar-refractivity contribution in [2.75, 3.05) is 11.4 Å². The smallest absolute Gasteiger partial charge is 0.316 e. The lowest BCUT2D eigenvalue weighted by atomic mass is 10.1. The Labute approximate surface area is 167 Å². The van der Waals surface area contributed by atoms with E-state index in [1.54, 1.807) is 17.0 Å². The van der Waals surface area contributed by atoms with Crippen molar-refractivity contribution in [2.45, 2.75) is 90.3 Å². The summed E-state index contributed by atoms with van der Waals surface area (Å²) in [4.78, 5) is 13.6. The van der Waals surface area contributed by atoms with E-state index in [-0.39, 0.29) is 11.5 Å². The second-order valence-corrected chi connectivity index (χ2v) is 7.46. The summed E-state index contributed by atoms with van der Waals surface area (Å²) in [7, 11) is 0. The zero-order valence-electron chi connectivity index (χ0n) is 17.2. The average molecular weight is 401 g/mol. The number of nitrogens with zero attached hydrogens (tertiary/aromatic N) is 1. The van der Waals surface area contributed by atoms with Gasteiger partial charge in [0.2, 0.25) is 5.91 Å². The quantitative estimate of drug-likeness (QED) is 0.383. The van der Waals surface area contributed by atoms with Crippen molar-refractivity contribution in [1.82, 2.24) is 0 Å². The lowest BCUT2D eigenvalue weighted by molar-refractivity contribution is -0.149. The predicted molar refractivity (Wildman–Crippen MR) is 109 cm³/mol. The number of hydrogen-bond acceptors (Lipinski definition) is 2. The van der Waals surface area contributed by atoms with Crippen LogP contribution in [0.5, 0.6) is 0 Å². The SMILES string of the molecule is CCCCCCCCCCCCN(C(C)=O)c1ccc([C@H](N)C(F)(F)F)cc1. The van der Waals surface area contributed by atoms with Gasteiger partial charge in [-0.2, -0.15) is 13.2 Å². The Morgan fingerprint density at radius 3 is 1.82 bits per heavy atom. The second kappa shape index (κ2) is 12.8. The van der Waals surface area contributed by atoms with E-state index in [2.05, 4.69) is 6.92 Å². The van der Waals surface area contributed by atoms with Crippen molar-refractivity contribution < 1.29 is 18.0 Å². The minimum atomic E-state index is -4.47. The van der Waals surface area contributed by atoms with Crippen molar-refractivity contribution in [1.29, 1.82) is 0 Å². The number of carbonyl (C=O) groups is 1. The van der Waals surface area contributed by atoms with Gasteiger partial charge < -0.3 is 10.6 Å². The Hall–Kier alpha value is -1.56. The fraction of sp³-hybridized carbons (Fsp3) is 0.682. The second-order valence-electron chi connectivity index (χ2n) is 7.46. The molecule has 0 spiro atoms. The van der Waals surface area contributed by atoms with Gasteiger partial charge in [-0.3, -0.25) is 4.79 Å². The van der Waals surface area contributed by atoms with E-state index in [1.807, 2.05) is 0 Å². The van der Waals surface area contributed by atoms with Crippen molar-refractivity contribution in [3.05, 3.63) is 29.8 Å². The molecule has 0 aliphatic carbocycles. The largest absolute Gasteiger partial charge is 0.407 e. The highest BCUT2D eigenvalue weighted by Crippen LogP contribution is 2.31. The molecule has 1 amide bonds. The fourth-order valence-electron chi connectivity index (χ4n) is 3.28. The van der Waals surface area contributed by atoms with Gasteiger partial charge in [-0.05, 0) is 24.1 Å². The molecule has 0 aliphatic heterocycles. The first-order valence-electron chi connectivity index (χ1n) is 10.5. The van der Waals surface area contributed by atoms with E-state index in [0.29, 0.717) is 12.2 Å². The van der Waals surface area contributed by atoms with Gasteiger partial charge in [0.15, 0.2) is 0 Å². The van der Waals surface area contributed by atoms with Crippen LogP contribution >= 0.6 is 0 Å². The van der Waals surface area contributed by atoms with E-state index in [4.69, 9.17) is 5.73 Å². The van der Waals surface area contributed by atoms with Crippen molar-refractivity contribution in [2.24, 2.45) is 5.73 Å². The van der Waals surface area contributed by atoms with E-state index in [0.717, 1.165) is 19.3 Å². The number of unbranched alkanes of at least 4 members (excludes halogenated alkanes) is 9. The molecule has 6 heteroatoms. The maximum Gasteiger partial charge on any atom is 0.407 e. The number of amides is 1. The van der Waals surface area contributed by atoms with E-state index < -0.39 is 12.2 Å². The predicted octanol–water partition coefficient (Wildman–Crippen LogP) is 6.52. The van der Waals surface area contributed by atoms with E-state index >= 15 is 0 Å². The molecule has 1 aromatic carbocycles. The van der Waals surface area contributed by atoms with E-state index in [1.165, 1.54) is 64.0 Å². The van der Waals surface area contributed by atoms with Crippen LogP contribution in [-0.2, 0) is 4.79 Å². The number of carbonyl (C=O) groups excluding carboxylic acids is 1. The van der Waals surface area contributed by atoms with Crippen LogP contribution in [0.4, 0.5) is 18.9 Å². The minimum absolute atomic E-state index is 0.00121. The van der Waals surface area contributed by atoms with Gasteiger partial charge in [-0.1, -0.05) is 76.8 Å². The molecule has 0 radical (unpaired) electrons. The Kier molecular flexibility index (Phi) is 11.2. The van der Waals surface area contributed by atoms with Gasteiger partial charge in [0.1, 0.15) is 6.04 Å². The highest BCUT2D eigenvalue weighted by molar-refractivity contribution is 5.91. The molecule has 0 saturated carbocycles. The highest BCUT2D eigenvalue weighted by atomic mass is 19.4. The average Bonchev–Trinajstić information content (AvgIpc) is 2.65. The van der Waals surface area contributed by atoms with Crippen LogP contribution in [0, 0.1) is 0 Å². The Morgan fingerprint density at radius 1 is 0.929 bits per heavy atom. The Morgan fingerprint density at radius 2 is 1.39 bits per heavy atom. The number of nitrogens with two attached hydrogens (primary N) is 1. The first kappa shape index (κ1) is 24.5. The third-order valence-corrected chi connectivity index (χ3v) is 5.03. The molecule has 0 aromatic heterocycles. The number of anilines is 1. The van der Waals surface area contributed by atoms with Gasteiger partial charge in [0, 0.05) is 19.2 Å². The summed E-state index contributed by atoms with van der Waals surface area (Å²) in [6.07, 6.45) is 7.64. The minimum Gasteiger partial charge on any atom is -0.316 e. The van der Waals surface area contributed by atoms with Crippen molar-refractivity contribution >= 4 is 11.6 Å². The third-order valence-electron chi connectivity index (χ3n) is 5.03. The number of hydrogen-bond donors (Lipinski definition) is 1. The van der Waals surface area contributed by atoms with Crippen LogP contribution < -0.4 is 10.6 Å². The van der Waals surface area contributed by atoms with Gasteiger partial charge in [-0.25, -0.2) is 0 Å². The van der Waals surface area contributed by atoms with Gasteiger partial charge >= 0.3 is 6.18 Å². The number of alkyl halides is 3. The summed E-state index contributed by atoms with van der Waals surface area (Å²) in [6.45, 7) is 4.28. The highest BCUT2D eigenvalue weighted by Gasteiger charge is 2.37. The molecule has 2 N–H and O–H groups in total. The summed E-state index contributed by atoms with van der Waals surface area (Å²) in [5.41, 5.74) is 5.84. The summed E-state index contributed by atoms with van der Waals surface area (Å²) in [6, 6.07) is 3.77. The molecule has 0 heterocycles. The summed E-state index contributed by atoms with van der Waals surface area (Å²) >= 11 is 0. The molecule has 1 atom stereocenters. The van der Waals surface area contributed by atoms with Gasteiger partial charge in [0.25, 0.3) is 0 Å². The third kappa shape index (κ3) is 9.09. The molecule has 0 saturated heterocycles. The lowest BCUT2D eigenvalue weighted by Gasteiger charge is -2.22. The molecule has 0 unspecified atom stereocenters. The van der Waals surface area contributed by atoms with Crippen LogP contribution in [0.25, 0.3) is 0 Å². The van der Waals surface area contributed by atoms with E-state index in [9.17, 15) is 18.0 Å². The first-order valence-corrected chi connectivity index (χ1v) is 10.5. The van der Waals surface area contributed by atoms with Crippen LogP contribution in [0.15, 0.2) is 24.3 Å². The molecule has 0 bridgehead atoms. The molecule has 0 fully saturated rings. The van der Waals surface area contributed by atoms with Crippen LogP contribution in [0.3, 0.4) is 0 Å². The maximum absolute atomic E-state index is 12.7. The van der Waals surface area contributed by atoms with Gasteiger partial charge in [-0.15, -0.1) is 0 Å². The summed E-state index contributed by atoms with van der Waals surface area (Å²) in [5, 5.41) is 0. The summed E-state index contributed by atoms with van der Waals surface area (Å²) in [5.74, 6) is -0.108. The molecule has 3 nitrogen and oxygen atoms in total. The number of halogens is 3. The Bertz CT molecular complexity index is 558. The molecular weight excluding hydrogens is 365 g/mol. The molecule has 160 valence electrons. The molecule has 0 aliphatic rings. The lowest BCUT2D eigenvalue weighted by Crippen LogP contribution is -2.30. The van der Waals surface area contributed by atoms with Crippen LogP contribution in [0.1, 0.15) is 89.7 Å². The fourth-order valence-corrected chi connectivity index (χ4v) is 3.28. The monoisotopic (exact) mass is 400 g/mol. The molecule has 1 rings (SSSR count). The van der Waals surface area contributed by atoms with Crippen LogP contribution in [0.2, 0.25) is 0 Å². The summed E-state index contributed by atoms with van der Waals surface area (Å²) < 4.78 is 38.1. The number of rotatable bonds is 13. The van der Waals surface area contributed by atoms with Crippen molar-refractivity contribution in [3.8, 4) is 0 Å². The van der Waals surface area contributed by atoms with Crippen molar-refractivity contribution in [3.63, 3.8) is 0 Å². The van der Waals surface area contributed by atoms with Gasteiger partial charge in [0.05, 0.1) is 0 Å². The zero-order chi connectivity index (χ0) is 21.0. The Balaban J connectivity index is 2.38. The number of benzene rings is 1. The standard InChI is InChI=1S/C22H35F3N2O/c1-3-4-5-6-7-8-9-10-11-12-17-27(18(2)28)20-15-13-19(14-16-20)21(26)22(23,24)25/h13-16,21H,3-12,17,26H2,1-2H3/t21-/m0/s1. The first-order chi connectivity index (χ1) is 13.3.